The highest BCUT2D eigenvalue weighted by molar-refractivity contribution is 7.92. The summed E-state index contributed by atoms with van der Waals surface area (Å²) in [7, 11) is -2.39. The number of aryl methyl sites for hydroxylation is 1. The van der Waals surface area contributed by atoms with Crippen LogP contribution in [0.5, 0.6) is 5.75 Å². The van der Waals surface area contributed by atoms with E-state index in [0.29, 0.717) is 35.8 Å². The average molecular weight is 429 g/mol. The third-order valence-electron chi connectivity index (χ3n) is 5.22. The standard InChI is InChI=1S/C21H24N4O4S/c1-29-18-14-16(7-8-17(18)21(26)25-12-10-22-11-13-25)24-30(27,28)19-6-2-4-15-5-3-9-23-20(15)19/h2,4,6-9,14,22,24H,3,5,10-13H2,1H3. The first-order valence-corrected chi connectivity index (χ1v) is 11.3. The number of hydrogen-bond donors (Lipinski definition) is 2. The molecule has 0 aromatic heterocycles. The van der Waals surface area contributed by atoms with E-state index >= 15 is 0 Å². The third kappa shape index (κ3) is 4.03. The number of hydrogen-bond acceptors (Lipinski definition) is 6. The van der Waals surface area contributed by atoms with E-state index < -0.39 is 10.0 Å². The van der Waals surface area contributed by atoms with E-state index in [0.717, 1.165) is 31.5 Å². The van der Waals surface area contributed by atoms with Gasteiger partial charge < -0.3 is 15.0 Å². The van der Waals surface area contributed by atoms with E-state index in [2.05, 4.69) is 15.0 Å². The van der Waals surface area contributed by atoms with E-state index in [9.17, 15) is 13.2 Å². The van der Waals surface area contributed by atoms with Crippen molar-refractivity contribution >= 4 is 33.5 Å². The topological polar surface area (TPSA) is 100 Å². The number of amides is 1. The fourth-order valence-electron chi connectivity index (χ4n) is 3.69. The van der Waals surface area contributed by atoms with Gasteiger partial charge in [-0.25, -0.2) is 8.42 Å². The van der Waals surface area contributed by atoms with Gasteiger partial charge in [0.15, 0.2) is 0 Å². The van der Waals surface area contributed by atoms with Crippen molar-refractivity contribution in [3.05, 3.63) is 47.5 Å². The van der Waals surface area contributed by atoms with Crippen LogP contribution in [0.3, 0.4) is 0 Å². The molecule has 0 radical (unpaired) electrons. The predicted octanol–water partition coefficient (Wildman–Crippen LogP) is 2.19. The fourth-order valence-corrected chi connectivity index (χ4v) is 4.93. The second-order valence-electron chi connectivity index (χ2n) is 7.18. The lowest BCUT2D eigenvalue weighted by Gasteiger charge is -2.28. The number of rotatable bonds is 5. The number of anilines is 1. The number of sulfonamides is 1. The zero-order valence-corrected chi connectivity index (χ0v) is 17.5. The van der Waals surface area contributed by atoms with Crippen LogP contribution in [0.15, 0.2) is 46.3 Å². The van der Waals surface area contributed by atoms with Gasteiger partial charge in [0.25, 0.3) is 15.9 Å². The number of nitrogens with zero attached hydrogens (tertiary/aromatic N) is 2. The summed E-state index contributed by atoms with van der Waals surface area (Å²) in [5.74, 6) is 0.195. The monoisotopic (exact) mass is 428 g/mol. The average Bonchev–Trinajstić information content (AvgIpc) is 2.78. The molecule has 1 fully saturated rings. The van der Waals surface area contributed by atoms with Crippen molar-refractivity contribution in [2.45, 2.75) is 17.7 Å². The van der Waals surface area contributed by atoms with Gasteiger partial charge in [-0.3, -0.25) is 14.5 Å². The maximum Gasteiger partial charge on any atom is 0.264 e. The molecule has 0 spiro atoms. The van der Waals surface area contributed by atoms with Gasteiger partial charge in [-0.1, -0.05) is 12.1 Å². The Hall–Kier alpha value is -2.91. The number of aliphatic imine (C=N–C) groups is 1. The number of carbonyl (C=O) groups is 1. The van der Waals surface area contributed by atoms with Crippen LogP contribution >= 0.6 is 0 Å². The van der Waals surface area contributed by atoms with Crippen LogP contribution in [-0.4, -0.2) is 58.7 Å². The van der Waals surface area contributed by atoms with Gasteiger partial charge in [0.2, 0.25) is 0 Å². The molecule has 2 N–H and O–H groups in total. The zero-order valence-electron chi connectivity index (χ0n) is 16.7. The number of para-hydroxylation sites is 1. The lowest BCUT2D eigenvalue weighted by atomic mass is 10.1. The molecule has 2 aliphatic rings. The summed E-state index contributed by atoms with van der Waals surface area (Å²) in [6.07, 6.45) is 3.30. The molecule has 8 nitrogen and oxygen atoms in total. The Morgan fingerprint density at radius 2 is 2.00 bits per heavy atom. The van der Waals surface area contributed by atoms with Gasteiger partial charge >= 0.3 is 0 Å². The van der Waals surface area contributed by atoms with Gasteiger partial charge in [-0.15, -0.1) is 0 Å². The molecule has 1 amide bonds. The summed E-state index contributed by atoms with van der Waals surface area (Å²) in [4.78, 5) is 19.0. The number of methoxy groups -OCH3 is 1. The molecule has 158 valence electrons. The van der Waals surface area contributed by atoms with Crippen molar-refractivity contribution in [2.24, 2.45) is 4.99 Å². The normalized spacial score (nSPS) is 16.1. The molecule has 0 bridgehead atoms. The summed E-state index contributed by atoms with van der Waals surface area (Å²) in [5.41, 5.74) is 2.12. The maximum atomic E-state index is 13.0. The first-order chi connectivity index (χ1) is 14.5. The van der Waals surface area contributed by atoms with E-state index in [-0.39, 0.29) is 10.8 Å². The fraction of sp³-hybridized carbons (Fsp3) is 0.333. The smallest absolute Gasteiger partial charge is 0.264 e. The highest BCUT2D eigenvalue weighted by Gasteiger charge is 2.24. The molecule has 0 saturated carbocycles. The molecule has 9 heteroatoms. The number of benzene rings is 2. The quantitative estimate of drug-likeness (QED) is 0.760. The molecule has 1 saturated heterocycles. The Labute approximate surface area is 176 Å². The van der Waals surface area contributed by atoms with E-state index in [1.54, 1.807) is 35.4 Å². The van der Waals surface area contributed by atoms with Crippen molar-refractivity contribution < 1.29 is 17.9 Å². The van der Waals surface area contributed by atoms with Crippen LogP contribution in [0.2, 0.25) is 0 Å². The van der Waals surface area contributed by atoms with Crippen LogP contribution in [-0.2, 0) is 16.4 Å². The summed E-state index contributed by atoms with van der Waals surface area (Å²) >= 11 is 0. The third-order valence-corrected chi connectivity index (χ3v) is 6.64. The van der Waals surface area contributed by atoms with Gasteiger partial charge in [0.05, 0.1) is 24.0 Å². The molecule has 0 atom stereocenters. The first kappa shape index (κ1) is 20.4. The Morgan fingerprint density at radius 3 is 2.77 bits per heavy atom. The van der Waals surface area contributed by atoms with E-state index in [4.69, 9.17) is 4.74 Å². The van der Waals surface area contributed by atoms with E-state index in [1.807, 2.05) is 6.07 Å². The van der Waals surface area contributed by atoms with Crippen LogP contribution < -0.4 is 14.8 Å². The summed E-state index contributed by atoms with van der Waals surface area (Å²) in [6, 6.07) is 9.87. The van der Waals surface area contributed by atoms with Crippen LogP contribution in [0.1, 0.15) is 22.3 Å². The highest BCUT2D eigenvalue weighted by atomic mass is 32.2. The molecule has 2 aromatic rings. The Morgan fingerprint density at radius 1 is 1.20 bits per heavy atom. The number of piperazine rings is 1. The minimum absolute atomic E-state index is 0.130. The Balaban J connectivity index is 1.61. The minimum Gasteiger partial charge on any atom is -0.496 e. The number of carbonyl (C=O) groups excluding carboxylic acids is 1. The Bertz CT molecular complexity index is 1090. The molecule has 4 rings (SSSR count). The summed E-state index contributed by atoms with van der Waals surface area (Å²) in [5, 5.41) is 3.21. The van der Waals surface area contributed by atoms with Crippen molar-refractivity contribution in [2.75, 3.05) is 38.0 Å². The number of nitrogens with one attached hydrogen (secondary N) is 2. The minimum atomic E-state index is -3.86. The lowest BCUT2D eigenvalue weighted by Crippen LogP contribution is -2.46. The van der Waals surface area contributed by atoms with Gasteiger partial charge in [0.1, 0.15) is 10.6 Å². The summed E-state index contributed by atoms with van der Waals surface area (Å²) in [6.45, 7) is 2.73. The van der Waals surface area contributed by atoms with Gasteiger partial charge in [-0.05, 0) is 36.6 Å². The van der Waals surface area contributed by atoms with Crippen molar-refractivity contribution in [3.8, 4) is 5.75 Å². The summed E-state index contributed by atoms with van der Waals surface area (Å²) < 4.78 is 34.0. The molecule has 2 aromatic carbocycles. The van der Waals surface area contributed by atoms with Crippen molar-refractivity contribution in [1.29, 1.82) is 0 Å². The second kappa shape index (κ2) is 8.45. The SMILES string of the molecule is COc1cc(NS(=O)(=O)c2cccc3c2N=CCC3)ccc1C(=O)N1CCNCC1. The molecule has 2 aliphatic heterocycles. The molecule has 30 heavy (non-hydrogen) atoms. The largest absolute Gasteiger partial charge is 0.496 e. The molecular formula is C21H24N4O4S. The van der Waals surface area contributed by atoms with Crippen molar-refractivity contribution in [3.63, 3.8) is 0 Å². The van der Waals surface area contributed by atoms with Gasteiger partial charge in [0, 0.05) is 38.5 Å². The van der Waals surface area contributed by atoms with Crippen molar-refractivity contribution in [1.82, 2.24) is 10.2 Å². The lowest BCUT2D eigenvalue weighted by molar-refractivity contribution is 0.0732. The highest BCUT2D eigenvalue weighted by Crippen LogP contribution is 2.33. The van der Waals surface area contributed by atoms with Crippen LogP contribution in [0.25, 0.3) is 0 Å². The second-order valence-corrected chi connectivity index (χ2v) is 8.83. The van der Waals surface area contributed by atoms with Crippen LogP contribution in [0, 0.1) is 0 Å². The van der Waals surface area contributed by atoms with Gasteiger partial charge in [-0.2, -0.15) is 0 Å². The predicted molar refractivity (Wildman–Crippen MR) is 115 cm³/mol. The molecule has 0 unspecified atom stereocenters. The van der Waals surface area contributed by atoms with Crippen LogP contribution in [0.4, 0.5) is 11.4 Å². The maximum absolute atomic E-state index is 13.0. The molecule has 2 heterocycles. The zero-order chi connectivity index (χ0) is 21.1. The van der Waals surface area contributed by atoms with E-state index in [1.165, 1.54) is 13.2 Å². The first-order valence-electron chi connectivity index (χ1n) is 9.85. The molecule has 0 aliphatic carbocycles. The number of ether oxygens (including phenoxy) is 1. The Kier molecular flexibility index (Phi) is 5.74. The molecular weight excluding hydrogens is 404 g/mol. The number of fused-ring (bicyclic) bond motifs is 1.